The van der Waals surface area contributed by atoms with Crippen molar-refractivity contribution in [1.29, 1.82) is 0 Å². The van der Waals surface area contributed by atoms with E-state index < -0.39 is 5.60 Å². The van der Waals surface area contributed by atoms with E-state index in [0.29, 0.717) is 13.1 Å². The van der Waals surface area contributed by atoms with Gasteiger partial charge in [-0.1, -0.05) is 25.7 Å². The Morgan fingerprint density at radius 1 is 1.12 bits per heavy atom. The molecule has 2 aliphatic rings. The molecule has 138 valence electrons. The highest BCUT2D eigenvalue weighted by molar-refractivity contribution is 5.73. The number of carbonyl (C=O) groups excluding carboxylic acids is 1. The van der Waals surface area contributed by atoms with Gasteiger partial charge in [-0.15, -0.1) is 0 Å². The normalized spacial score (nSPS) is 20.1. The van der Waals surface area contributed by atoms with Crippen LogP contribution in [0.5, 0.6) is 0 Å². The first-order valence-electron chi connectivity index (χ1n) is 9.59. The SMILES string of the molecule is O=C(NCc1ccnc(N2CCCC2)c1)NCC1(O)CCCCCC1. The molecule has 2 amide bonds. The summed E-state index contributed by atoms with van der Waals surface area (Å²) in [6.07, 6.45) is 10.2. The maximum absolute atomic E-state index is 12.1. The van der Waals surface area contributed by atoms with Crippen LogP contribution in [-0.4, -0.2) is 41.4 Å². The van der Waals surface area contributed by atoms with E-state index in [9.17, 15) is 9.90 Å². The first kappa shape index (κ1) is 18.0. The van der Waals surface area contributed by atoms with Crippen molar-refractivity contribution in [2.24, 2.45) is 0 Å². The third-order valence-corrected chi connectivity index (χ3v) is 5.31. The van der Waals surface area contributed by atoms with Crippen molar-refractivity contribution in [2.75, 3.05) is 24.5 Å². The van der Waals surface area contributed by atoms with E-state index in [0.717, 1.165) is 50.2 Å². The van der Waals surface area contributed by atoms with Gasteiger partial charge in [-0.2, -0.15) is 0 Å². The molecule has 25 heavy (non-hydrogen) atoms. The number of amides is 2. The Morgan fingerprint density at radius 3 is 2.56 bits per heavy atom. The predicted octanol–water partition coefficient (Wildman–Crippen LogP) is 2.57. The van der Waals surface area contributed by atoms with Crippen LogP contribution in [0.1, 0.15) is 56.9 Å². The molecule has 0 unspecified atom stereocenters. The molecule has 2 fully saturated rings. The zero-order valence-corrected chi connectivity index (χ0v) is 15.0. The average molecular weight is 346 g/mol. The number of carbonyl (C=O) groups is 1. The third kappa shape index (κ3) is 5.33. The zero-order chi connectivity index (χ0) is 17.5. The number of aliphatic hydroxyl groups is 1. The molecule has 1 saturated carbocycles. The maximum Gasteiger partial charge on any atom is 0.315 e. The van der Waals surface area contributed by atoms with E-state index in [4.69, 9.17) is 0 Å². The molecule has 6 heteroatoms. The number of anilines is 1. The van der Waals surface area contributed by atoms with E-state index in [1.54, 1.807) is 6.20 Å². The Kier molecular flexibility index (Phi) is 6.13. The molecule has 1 aliphatic carbocycles. The summed E-state index contributed by atoms with van der Waals surface area (Å²) in [7, 11) is 0. The molecular formula is C19H30N4O2. The summed E-state index contributed by atoms with van der Waals surface area (Å²) in [6, 6.07) is 3.75. The lowest BCUT2D eigenvalue weighted by Gasteiger charge is -2.26. The number of urea groups is 1. The minimum atomic E-state index is -0.743. The van der Waals surface area contributed by atoms with E-state index >= 15 is 0 Å². The lowest BCUT2D eigenvalue weighted by molar-refractivity contribution is 0.0277. The lowest BCUT2D eigenvalue weighted by Crippen LogP contribution is -2.46. The summed E-state index contributed by atoms with van der Waals surface area (Å²) in [5.41, 5.74) is 0.299. The van der Waals surface area contributed by atoms with Gasteiger partial charge in [0, 0.05) is 32.4 Å². The van der Waals surface area contributed by atoms with E-state index in [1.807, 2.05) is 12.1 Å². The number of pyridine rings is 1. The maximum atomic E-state index is 12.1. The van der Waals surface area contributed by atoms with Gasteiger partial charge in [-0.05, 0) is 43.4 Å². The second-order valence-electron chi connectivity index (χ2n) is 7.39. The minimum Gasteiger partial charge on any atom is -0.388 e. The molecular weight excluding hydrogens is 316 g/mol. The van der Waals surface area contributed by atoms with Crippen molar-refractivity contribution in [2.45, 2.75) is 63.5 Å². The number of rotatable bonds is 5. The Bertz CT molecular complexity index is 564. The topological polar surface area (TPSA) is 77.5 Å². The zero-order valence-electron chi connectivity index (χ0n) is 15.0. The van der Waals surface area contributed by atoms with Crippen molar-refractivity contribution in [1.82, 2.24) is 15.6 Å². The van der Waals surface area contributed by atoms with Gasteiger partial charge in [0.05, 0.1) is 5.60 Å². The van der Waals surface area contributed by atoms with E-state index in [1.165, 1.54) is 25.7 Å². The van der Waals surface area contributed by atoms with Crippen LogP contribution in [0.15, 0.2) is 18.3 Å². The van der Waals surface area contributed by atoms with Crippen LogP contribution in [0, 0.1) is 0 Å². The fourth-order valence-corrected chi connectivity index (χ4v) is 3.74. The van der Waals surface area contributed by atoms with Crippen LogP contribution >= 0.6 is 0 Å². The lowest BCUT2D eigenvalue weighted by atomic mass is 9.95. The molecule has 1 aliphatic heterocycles. The molecule has 3 N–H and O–H groups in total. The Hall–Kier alpha value is -1.82. The van der Waals surface area contributed by atoms with Crippen molar-refractivity contribution < 1.29 is 9.90 Å². The first-order valence-corrected chi connectivity index (χ1v) is 9.59. The minimum absolute atomic E-state index is 0.225. The smallest absolute Gasteiger partial charge is 0.315 e. The molecule has 0 spiro atoms. The second-order valence-corrected chi connectivity index (χ2v) is 7.39. The molecule has 0 aromatic carbocycles. The molecule has 0 atom stereocenters. The highest BCUT2D eigenvalue weighted by Gasteiger charge is 2.28. The number of hydrogen-bond donors (Lipinski definition) is 3. The summed E-state index contributed by atoms with van der Waals surface area (Å²) in [5.74, 6) is 0.991. The summed E-state index contributed by atoms with van der Waals surface area (Å²) in [4.78, 5) is 18.8. The van der Waals surface area contributed by atoms with Crippen LogP contribution < -0.4 is 15.5 Å². The van der Waals surface area contributed by atoms with E-state index in [2.05, 4.69) is 20.5 Å². The van der Waals surface area contributed by atoms with Crippen LogP contribution in [0.2, 0.25) is 0 Å². The van der Waals surface area contributed by atoms with Crippen LogP contribution in [-0.2, 0) is 6.54 Å². The van der Waals surface area contributed by atoms with Gasteiger partial charge in [0.25, 0.3) is 0 Å². The molecule has 6 nitrogen and oxygen atoms in total. The number of hydrogen-bond acceptors (Lipinski definition) is 4. The fourth-order valence-electron chi connectivity index (χ4n) is 3.74. The van der Waals surface area contributed by atoms with Gasteiger partial charge in [0.2, 0.25) is 0 Å². The van der Waals surface area contributed by atoms with Crippen molar-refractivity contribution in [3.63, 3.8) is 0 Å². The van der Waals surface area contributed by atoms with Crippen LogP contribution in [0.4, 0.5) is 10.6 Å². The molecule has 1 saturated heterocycles. The van der Waals surface area contributed by atoms with Gasteiger partial charge in [-0.25, -0.2) is 9.78 Å². The molecule has 1 aromatic rings. The molecule has 1 aromatic heterocycles. The Morgan fingerprint density at radius 2 is 1.84 bits per heavy atom. The van der Waals surface area contributed by atoms with Crippen LogP contribution in [0.3, 0.4) is 0 Å². The summed E-state index contributed by atoms with van der Waals surface area (Å²) < 4.78 is 0. The van der Waals surface area contributed by atoms with Gasteiger partial charge < -0.3 is 20.6 Å². The monoisotopic (exact) mass is 346 g/mol. The summed E-state index contributed by atoms with van der Waals surface area (Å²) in [6.45, 7) is 2.91. The van der Waals surface area contributed by atoms with Crippen molar-refractivity contribution in [3.8, 4) is 0 Å². The molecule has 3 rings (SSSR count). The number of nitrogens with one attached hydrogen (secondary N) is 2. The highest BCUT2D eigenvalue weighted by atomic mass is 16.3. The Labute approximate surface area is 150 Å². The molecule has 2 heterocycles. The van der Waals surface area contributed by atoms with Crippen molar-refractivity contribution in [3.05, 3.63) is 23.9 Å². The van der Waals surface area contributed by atoms with Crippen molar-refractivity contribution >= 4 is 11.8 Å². The largest absolute Gasteiger partial charge is 0.388 e. The third-order valence-electron chi connectivity index (χ3n) is 5.31. The fraction of sp³-hybridized carbons (Fsp3) is 0.684. The number of aromatic nitrogens is 1. The average Bonchev–Trinajstić information content (AvgIpc) is 3.08. The standard InChI is InChI=1S/C19H30N4O2/c24-18(22-15-19(25)8-3-1-2-4-9-19)21-14-16-7-10-20-17(13-16)23-11-5-6-12-23/h7,10,13,25H,1-6,8-9,11-12,14-15H2,(H2,21,22,24). The predicted molar refractivity (Wildman–Crippen MR) is 98.6 cm³/mol. The Balaban J connectivity index is 1.45. The van der Waals surface area contributed by atoms with Gasteiger partial charge in [0.15, 0.2) is 0 Å². The van der Waals surface area contributed by atoms with Crippen LogP contribution in [0.25, 0.3) is 0 Å². The molecule has 0 radical (unpaired) electrons. The summed E-state index contributed by atoms with van der Waals surface area (Å²) >= 11 is 0. The molecule has 0 bridgehead atoms. The quantitative estimate of drug-likeness (QED) is 0.716. The number of nitrogens with zero attached hydrogens (tertiary/aromatic N) is 2. The van der Waals surface area contributed by atoms with Gasteiger partial charge in [0.1, 0.15) is 5.82 Å². The highest BCUT2D eigenvalue weighted by Crippen LogP contribution is 2.26. The van der Waals surface area contributed by atoms with E-state index in [-0.39, 0.29) is 6.03 Å². The second kappa shape index (κ2) is 8.52. The van der Waals surface area contributed by atoms with Gasteiger partial charge >= 0.3 is 6.03 Å². The van der Waals surface area contributed by atoms with Gasteiger partial charge in [-0.3, -0.25) is 0 Å². The summed E-state index contributed by atoms with van der Waals surface area (Å²) in [5, 5.41) is 16.3. The first-order chi connectivity index (χ1) is 12.1.